The number of nitrogens with zero attached hydrogens (tertiary/aromatic N) is 1. The fourth-order valence-electron chi connectivity index (χ4n) is 2.91. The molecule has 3 rings (SSSR count). The second kappa shape index (κ2) is 6.95. The fourth-order valence-corrected chi connectivity index (χ4v) is 5.45. The zero-order valence-electron chi connectivity index (χ0n) is 12.7. The molecule has 0 radical (unpaired) electrons. The predicted molar refractivity (Wildman–Crippen MR) is 91.0 cm³/mol. The quantitative estimate of drug-likeness (QED) is 0.834. The summed E-state index contributed by atoms with van der Waals surface area (Å²) in [6, 6.07) is 11.2. The maximum absolute atomic E-state index is 12.6. The highest BCUT2D eigenvalue weighted by molar-refractivity contribution is 7.89. The van der Waals surface area contributed by atoms with Crippen LogP contribution in [0.3, 0.4) is 0 Å². The molecule has 0 spiro atoms. The Morgan fingerprint density at radius 3 is 2.70 bits per heavy atom. The predicted octanol–water partition coefficient (Wildman–Crippen LogP) is 2.96. The van der Waals surface area contributed by atoms with Gasteiger partial charge in [0.15, 0.2) is 0 Å². The van der Waals surface area contributed by atoms with E-state index >= 15 is 0 Å². The van der Waals surface area contributed by atoms with Crippen molar-refractivity contribution in [3.63, 3.8) is 0 Å². The van der Waals surface area contributed by atoms with Gasteiger partial charge in [0.25, 0.3) is 0 Å². The van der Waals surface area contributed by atoms with E-state index in [9.17, 15) is 13.2 Å². The second-order valence-corrected chi connectivity index (χ2v) is 8.51. The summed E-state index contributed by atoms with van der Waals surface area (Å²) in [5, 5.41) is 3.40. The Morgan fingerprint density at radius 1 is 1.22 bits per heavy atom. The van der Waals surface area contributed by atoms with Gasteiger partial charge in [-0.15, -0.1) is 0 Å². The Bertz CT molecular complexity index is 754. The lowest BCUT2D eigenvalue weighted by molar-refractivity contribution is -0.123. The molecule has 23 heavy (non-hydrogen) atoms. The third-order valence-corrected chi connectivity index (χ3v) is 6.89. The van der Waals surface area contributed by atoms with Gasteiger partial charge in [-0.1, -0.05) is 30.3 Å². The van der Waals surface area contributed by atoms with Gasteiger partial charge < -0.3 is 0 Å². The Hall–Kier alpha value is -1.50. The van der Waals surface area contributed by atoms with Crippen LogP contribution in [-0.2, 0) is 21.2 Å². The first kappa shape index (κ1) is 16.4. The summed E-state index contributed by atoms with van der Waals surface area (Å²) in [6.45, 7) is 0.789. The van der Waals surface area contributed by atoms with Crippen LogP contribution < -0.4 is 0 Å². The first-order chi connectivity index (χ1) is 11.1. The molecule has 122 valence electrons. The molecule has 1 saturated heterocycles. The number of benzene rings is 1. The maximum atomic E-state index is 12.6. The van der Waals surface area contributed by atoms with Gasteiger partial charge in [-0.2, -0.15) is 15.6 Å². The third-order valence-electron chi connectivity index (χ3n) is 4.19. The largest absolute Gasteiger partial charge is 0.299 e. The summed E-state index contributed by atoms with van der Waals surface area (Å²) < 4.78 is 26.7. The average molecular weight is 349 g/mol. The maximum Gasteiger partial charge on any atom is 0.243 e. The number of rotatable bonds is 5. The molecule has 2 heterocycles. The van der Waals surface area contributed by atoms with Gasteiger partial charge in [0.2, 0.25) is 10.0 Å². The number of thiophene rings is 1. The minimum Gasteiger partial charge on any atom is -0.299 e. The van der Waals surface area contributed by atoms with Crippen molar-refractivity contribution in [2.75, 3.05) is 13.1 Å². The molecule has 1 aromatic carbocycles. The summed E-state index contributed by atoms with van der Waals surface area (Å²) in [5.41, 5.74) is 0.982. The summed E-state index contributed by atoms with van der Waals surface area (Å²) in [6.07, 6.45) is 1.87. The van der Waals surface area contributed by atoms with E-state index in [1.54, 1.807) is 16.8 Å². The van der Waals surface area contributed by atoms with E-state index in [2.05, 4.69) is 0 Å². The Labute approximate surface area is 140 Å². The zero-order chi connectivity index (χ0) is 16.3. The number of sulfonamides is 1. The molecular weight excluding hydrogens is 330 g/mol. The summed E-state index contributed by atoms with van der Waals surface area (Å²) in [4.78, 5) is 12.8. The first-order valence-corrected chi connectivity index (χ1v) is 10.0. The van der Waals surface area contributed by atoms with Crippen molar-refractivity contribution in [1.29, 1.82) is 0 Å². The number of hydrogen-bond acceptors (Lipinski definition) is 4. The van der Waals surface area contributed by atoms with E-state index in [0.29, 0.717) is 24.4 Å². The third kappa shape index (κ3) is 3.71. The van der Waals surface area contributed by atoms with Gasteiger partial charge in [-0.05, 0) is 29.9 Å². The molecule has 1 aliphatic heterocycles. The number of ketones is 1. The fraction of sp³-hybridized carbons (Fsp3) is 0.353. The highest BCUT2D eigenvalue weighted by atomic mass is 32.2. The molecular formula is C17H19NO3S2. The van der Waals surface area contributed by atoms with Crippen LogP contribution in [0.4, 0.5) is 0 Å². The zero-order valence-corrected chi connectivity index (χ0v) is 14.4. The number of hydrogen-bond donors (Lipinski definition) is 0. The van der Waals surface area contributed by atoms with Gasteiger partial charge in [0.1, 0.15) is 5.78 Å². The van der Waals surface area contributed by atoms with E-state index in [1.807, 2.05) is 30.3 Å². The van der Waals surface area contributed by atoms with E-state index in [-0.39, 0.29) is 11.7 Å². The molecule has 1 fully saturated rings. The summed E-state index contributed by atoms with van der Waals surface area (Å²) in [7, 11) is -3.47. The highest BCUT2D eigenvalue weighted by Crippen LogP contribution is 2.26. The van der Waals surface area contributed by atoms with Crippen LogP contribution in [0.25, 0.3) is 0 Å². The van der Waals surface area contributed by atoms with Crippen LogP contribution in [0.5, 0.6) is 0 Å². The lowest BCUT2D eigenvalue weighted by Crippen LogP contribution is -2.42. The monoisotopic (exact) mass is 349 g/mol. The van der Waals surface area contributed by atoms with Crippen LogP contribution in [0.15, 0.2) is 52.1 Å². The highest BCUT2D eigenvalue weighted by Gasteiger charge is 2.33. The molecule has 1 aromatic heterocycles. The van der Waals surface area contributed by atoms with E-state index in [1.165, 1.54) is 15.6 Å². The molecule has 1 aliphatic rings. The van der Waals surface area contributed by atoms with Gasteiger partial charge in [0.05, 0.1) is 4.90 Å². The van der Waals surface area contributed by atoms with Crippen molar-refractivity contribution in [1.82, 2.24) is 4.31 Å². The number of Topliss-reactive ketones (excluding diaryl/α,β-unsaturated/α-hetero) is 1. The van der Waals surface area contributed by atoms with Crippen LogP contribution in [-0.4, -0.2) is 31.6 Å². The summed E-state index contributed by atoms with van der Waals surface area (Å²) in [5.74, 6) is -0.0845. The van der Waals surface area contributed by atoms with Crippen molar-refractivity contribution in [2.45, 2.75) is 24.2 Å². The van der Waals surface area contributed by atoms with Crippen LogP contribution in [0, 0.1) is 5.92 Å². The average Bonchev–Trinajstić information content (AvgIpc) is 3.11. The van der Waals surface area contributed by atoms with Gasteiger partial charge >= 0.3 is 0 Å². The van der Waals surface area contributed by atoms with Crippen molar-refractivity contribution in [2.24, 2.45) is 5.92 Å². The summed E-state index contributed by atoms with van der Waals surface area (Å²) >= 11 is 1.37. The molecule has 4 nitrogen and oxygen atoms in total. The number of carbonyl (C=O) groups excluding carboxylic acids is 1. The van der Waals surface area contributed by atoms with Crippen molar-refractivity contribution >= 4 is 27.1 Å². The molecule has 0 saturated carbocycles. The topological polar surface area (TPSA) is 54.5 Å². The molecule has 0 N–H and O–H groups in total. The molecule has 6 heteroatoms. The van der Waals surface area contributed by atoms with Gasteiger partial charge in [0, 0.05) is 30.8 Å². The Kier molecular flexibility index (Phi) is 4.94. The second-order valence-electron chi connectivity index (χ2n) is 5.79. The Balaban J connectivity index is 1.70. The van der Waals surface area contributed by atoms with Gasteiger partial charge in [-0.3, -0.25) is 4.79 Å². The van der Waals surface area contributed by atoms with E-state index < -0.39 is 10.0 Å². The smallest absolute Gasteiger partial charge is 0.243 e. The SMILES string of the molecule is O=C(Cc1ccccc1)C1CCCN(S(=O)(=O)c2ccsc2)C1. The Morgan fingerprint density at radius 2 is 2.00 bits per heavy atom. The molecule has 1 unspecified atom stereocenters. The van der Waals surface area contributed by atoms with Crippen LogP contribution >= 0.6 is 11.3 Å². The molecule has 1 atom stereocenters. The lowest BCUT2D eigenvalue weighted by atomic mass is 9.91. The molecule has 2 aromatic rings. The van der Waals surface area contributed by atoms with Crippen molar-refractivity contribution in [3.8, 4) is 0 Å². The normalized spacial score (nSPS) is 19.6. The van der Waals surface area contributed by atoms with Gasteiger partial charge in [-0.25, -0.2) is 8.42 Å². The minimum atomic E-state index is -3.47. The minimum absolute atomic E-state index is 0.126. The van der Waals surface area contributed by atoms with Crippen molar-refractivity contribution < 1.29 is 13.2 Å². The molecule has 0 amide bonds. The number of carbonyl (C=O) groups is 1. The molecule has 0 bridgehead atoms. The lowest BCUT2D eigenvalue weighted by Gasteiger charge is -2.31. The van der Waals surface area contributed by atoms with Crippen LogP contribution in [0.2, 0.25) is 0 Å². The van der Waals surface area contributed by atoms with Crippen LogP contribution in [0.1, 0.15) is 18.4 Å². The first-order valence-electron chi connectivity index (χ1n) is 7.66. The number of piperidine rings is 1. The van der Waals surface area contributed by atoms with Crippen molar-refractivity contribution in [3.05, 3.63) is 52.7 Å². The standard InChI is InChI=1S/C17H19NO3S2/c19-17(11-14-5-2-1-3-6-14)15-7-4-9-18(12-15)23(20,21)16-8-10-22-13-16/h1-3,5-6,8,10,13,15H,4,7,9,11-12H2. The van der Waals surface area contributed by atoms with E-state index in [0.717, 1.165) is 18.4 Å². The van der Waals surface area contributed by atoms with E-state index in [4.69, 9.17) is 0 Å². The molecule has 0 aliphatic carbocycles.